The number of aldehydes is 1. The van der Waals surface area contributed by atoms with E-state index in [1.807, 2.05) is 6.07 Å². The summed E-state index contributed by atoms with van der Waals surface area (Å²) in [7, 11) is -0.0356. The number of aryl methyl sites for hydroxylation is 1. The highest BCUT2D eigenvalue weighted by atomic mass is 32.2. The molecule has 1 aromatic carbocycles. The predicted molar refractivity (Wildman–Crippen MR) is 146 cm³/mol. The van der Waals surface area contributed by atoms with Gasteiger partial charge in [0.05, 0.1) is 5.69 Å². The second-order valence-corrected chi connectivity index (χ2v) is 13.6. The molecule has 6 nitrogen and oxygen atoms in total. The topological polar surface area (TPSA) is 86.7 Å². The molecule has 3 aliphatic carbocycles. The first-order valence-corrected chi connectivity index (χ1v) is 15.5. The molecule has 1 aromatic rings. The zero-order valence-electron chi connectivity index (χ0n) is 22.5. The van der Waals surface area contributed by atoms with Gasteiger partial charge in [0.1, 0.15) is 6.29 Å². The number of hydrogen-bond acceptors (Lipinski definition) is 4. The number of nitrogens with one attached hydrogen (secondary N) is 1. The Balaban J connectivity index is 1.59. The number of unbranched alkanes of at least 4 members (excludes halogenated alkanes) is 4. The third-order valence-corrected chi connectivity index (χ3v) is 10.3. The van der Waals surface area contributed by atoms with Crippen molar-refractivity contribution in [3.05, 3.63) is 29.3 Å². The average Bonchev–Trinajstić information content (AvgIpc) is 3.19. The van der Waals surface area contributed by atoms with E-state index < -0.39 is 10.3 Å². The van der Waals surface area contributed by atoms with Crippen molar-refractivity contribution in [2.75, 3.05) is 25.4 Å². The first kappa shape index (κ1) is 27.6. The highest BCUT2D eigenvalue weighted by molar-refractivity contribution is 7.87. The average molecular weight is 519 g/mol. The molecule has 0 heterocycles. The lowest BCUT2D eigenvalue weighted by atomic mass is 9.43. The van der Waals surface area contributed by atoms with Crippen LogP contribution >= 0.6 is 0 Å². The van der Waals surface area contributed by atoms with Gasteiger partial charge >= 0.3 is 10.3 Å². The van der Waals surface area contributed by atoms with Crippen LogP contribution < -0.4 is 4.72 Å². The monoisotopic (exact) mass is 518 g/mol. The van der Waals surface area contributed by atoms with E-state index in [0.29, 0.717) is 35.3 Å². The fourth-order valence-corrected chi connectivity index (χ4v) is 9.05. The standard InChI is InChI=1S/C29H46N2O4S/c1-28-15-9-11-26(28)29(17-19-32)16-14-22-20-24(30-36(33,34)35)12-13-25(22)27(29)23(21-28)10-7-5-4-6-8-18-31(2)3/h12-13,19-20,23,26-27,30H,4-11,14-18,21H2,1-3H3,(H,33,34,35)/t23-,26?,27?,28-,29?/m0/s1. The lowest BCUT2D eigenvalue weighted by Crippen LogP contribution is -2.52. The minimum atomic E-state index is -4.30. The Morgan fingerprint density at radius 3 is 2.61 bits per heavy atom. The number of nitrogens with zero attached hydrogens (tertiary/aromatic N) is 1. The summed E-state index contributed by atoms with van der Waals surface area (Å²) in [6.07, 6.45) is 16.2. The first-order chi connectivity index (χ1) is 17.1. The lowest BCUT2D eigenvalue weighted by molar-refractivity contribution is -0.118. The van der Waals surface area contributed by atoms with E-state index >= 15 is 0 Å². The molecule has 0 radical (unpaired) electrons. The van der Waals surface area contributed by atoms with Gasteiger partial charge < -0.3 is 9.69 Å². The molecule has 5 atom stereocenters. The molecule has 0 bridgehead atoms. The van der Waals surface area contributed by atoms with E-state index in [0.717, 1.165) is 19.4 Å². The molecule has 202 valence electrons. The van der Waals surface area contributed by atoms with Crippen molar-refractivity contribution < 1.29 is 17.8 Å². The maximum Gasteiger partial charge on any atom is 0.357 e. The second kappa shape index (κ2) is 11.1. The molecule has 0 aliphatic heterocycles. The Bertz CT molecular complexity index is 1030. The van der Waals surface area contributed by atoms with Gasteiger partial charge in [0.25, 0.3) is 0 Å². The highest BCUT2D eigenvalue weighted by Gasteiger charge is 2.61. The van der Waals surface area contributed by atoms with Crippen LogP contribution in [-0.2, 0) is 21.5 Å². The summed E-state index contributed by atoms with van der Waals surface area (Å²) in [4.78, 5) is 14.4. The van der Waals surface area contributed by atoms with Gasteiger partial charge in [-0.1, -0.05) is 45.1 Å². The van der Waals surface area contributed by atoms with Crippen molar-refractivity contribution >= 4 is 22.3 Å². The molecule has 0 saturated heterocycles. The summed E-state index contributed by atoms with van der Waals surface area (Å²) in [6, 6.07) is 5.77. The molecule has 0 amide bonds. The van der Waals surface area contributed by atoms with Gasteiger partial charge in [0, 0.05) is 6.42 Å². The van der Waals surface area contributed by atoms with Crippen molar-refractivity contribution in [3.8, 4) is 0 Å². The van der Waals surface area contributed by atoms with E-state index in [4.69, 9.17) is 0 Å². The zero-order valence-corrected chi connectivity index (χ0v) is 23.3. The molecular weight excluding hydrogens is 472 g/mol. The number of rotatable bonds is 12. The number of carbonyl (C=O) groups excluding carboxylic acids is 1. The van der Waals surface area contributed by atoms with E-state index in [-0.39, 0.29) is 5.41 Å². The maximum atomic E-state index is 12.1. The molecule has 2 saturated carbocycles. The first-order valence-electron chi connectivity index (χ1n) is 14.0. The lowest BCUT2D eigenvalue weighted by Gasteiger charge is -2.60. The molecule has 3 unspecified atom stereocenters. The number of fused-ring (bicyclic) bond motifs is 5. The molecule has 2 N–H and O–H groups in total. The summed E-state index contributed by atoms with van der Waals surface area (Å²) in [5.41, 5.74) is 3.22. The Labute approximate surface area is 218 Å². The van der Waals surface area contributed by atoms with Gasteiger partial charge in [-0.25, -0.2) is 0 Å². The third-order valence-electron chi connectivity index (χ3n) is 9.82. The highest BCUT2D eigenvalue weighted by Crippen LogP contribution is 2.70. The molecule has 7 heteroatoms. The second-order valence-electron chi connectivity index (χ2n) is 12.5. The molecule has 4 rings (SSSR count). The van der Waals surface area contributed by atoms with Gasteiger partial charge in [-0.05, 0) is 117 Å². The van der Waals surface area contributed by atoms with Crippen LogP contribution in [0.3, 0.4) is 0 Å². The number of hydrogen-bond donors (Lipinski definition) is 2. The van der Waals surface area contributed by atoms with E-state index in [2.05, 4.69) is 36.7 Å². The number of anilines is 1. The van der Waals surface area contributed by atoms with Gasteiger partial charge in [0.2, 0.25) is 0 Å². The Morgan fingerprint density at radius 1 is 1.14 bits per heavy atom. The normalized spacial score (nSPS) is 31.5. The van der Waals surface area contributed by atoms with Gasteiger partial charge in [-0.2, -0.15) is 8.42 Å². The summed E-state index contributed by atoms with van der Waals surface area (Å²) in [5, 5.41) is 0. The van der Waals surface area contributed by atoms with Crippen LogP contribution in [-0.4, -0.2) is 44.8 Å². The SMILES string of the molecule is CN(C)CCCCCCC[C@H]1C[C@]2(C)CCCC2C2(CC=O)CCc3cc(NS(=O)(=O)O)ccc3C12. The van der Waals surface area contributed by atoms with E-state index in [1.165, 1.54) is 81.6 Å². The molecule has 0 spiro atoms. The molecule has 0 aromatic heterocycles. The summed E-state index contributed by atoms with van der Waals surface area (Å²) in [6.45, 7) is 3.65. The van der Waals surface area contributed by atoms with Crippen molar-refractivity contribution in [1.29, 1.82) is 0 Å². The van der Waals surface area contributed by atoms with Crippen molar-refractivity contribution in [3.63, 3.8) is 0 Å². The van der Waals surface area contributed by atoms with Crippen LogP contribution in [0.25, 0.3) is 0 Å². The van der Waals surface area contributed by atoms with Crippen molar-refractivity contribution in [2.45, 2.75) is 96.3 Å². The molecule has 36 heavy (non-hydrogen) atoms. The van der Waals surface area contributed by atoms with Crippen LogP contribution in [0.2, 0.25) is 0 Å². The van der Waals surface area contributed by atoms with Crippen LogP contribution in [0, 0.1) is 22.7 Å². The molecular formula is C29H46N2O4S. The van der Waals surface area contributed by atoms with Gasteiger partial charge in [-0.3, -0.25) is 9.27 Å². The van der Waals surface area contributed by atoms with Gasteiger partial charge in [-0.15, -0.1) is 0 Å². The van der Waals surface area contributed by atoms with Crippen LogP contribution in [0.5, 0.6) is 0 Å². The summed E-state index contributed by atoms with van der Waals surface area (Å²) < 4.78 is 34.3. The smallest absolute Gasteiger partial charge is 0.309 e. The molecule has 3 aliphatic rings. The Hall–Kier alpha value is -1.44. The van der Waals surface area contributed by atoms with Gasteiger partial charge in [0.15, 0.2) is 0 Å². The number of benzene rings is 1. The Kier molecular flexibility index (Phi) is 8.52. The fraction of sp³-hybridized carbons (Fsp3) is 0.759. The Morgan fingerprint density at radius 2 is 1.89 bits per heavy atom. The van der Waals surface area contributed by atoms with E-state index in [9.17, 15) is 17.8 Å². The van der Waals surface area contributed by atoms with Crippen molar-refractivity contribution in [2.24, 2.45) is 22.7 Å². The van der Waals surface area contributed by atoms with Crippen LogP contribution in [0.15, 0.2) is 18.2 Å². The quantitative estimate of drug-likeness (QED) is 0.194. The fourth-order valence-electron chi connectivity index (χ4n) is 8.62. The summed E-state index contributed by atoms with van der Waals surface area (Å²) in [5.74, 6) is 1.47. The predicted octanol–water partition coefficient (Wildman–Crippen LogP) is 6.24. The number of carbonyl (C=O) groups is 1. The van der Waals surface area contributed by atoms with E-state index in [1.54, 1.807) is 6.07 Å². The van der Waals surface area contributed by atoms with Crippen molar-refractivity contribution in [1.82, 2.24) is 4.90 Å². The molecule has 2 fully saturated rings. The maximum absolute atomic E-state index is 12.1. The van der Waals surface area contributed by atoms with Crippen LogP contribution in [0.4, 0.5) is 5.69 Å². The summed E-state index contributed by atoms with van der Waals surface area (Å²) >= 11 is 0. The largest absolute Gasteiger partial charge is 0.357 e. The zero-order chi connectivity index (χ0) is 26.0. The van der Waals surface area contributed by atoms with Crippen LogP contribution in [0.1, 0.15) is 101 Å². The minimum absolute atomic E-state index is 0.00657. The third kappa shape index (κ3) is 5.83. The minimum Gasteiger partial charge on any atom is -0.309 e.